The van der Waals surface area contributed by atoms with Crippen molar-refractivity contribution in [2.75, 3.05) is 6.61 Å². The molecule has 7 nitrogen and oxygen atoms in total. The normalized spacial score (nSPS) is 29.2. The topological polar surface area (TPSA) is 83.5 Å². The Bertz CT molecular complexity index is 1140. The van der Waals surface area contributed by atoms with Crippen molar-refractivity contribution in [1.29, 1.82) is 0 Å². The molecule has 3 aromatic rings. The van der Waals surface area contributed by atoms with Gasteiger partial charge in [-0.15, -0.1) is 0 Å². The molecule has 0 radical (unpaired) electrons. The molecule has 0 aliphatic carbocycles. The van der Waals surface area contributed by atoms with Crippen molar-refractivity contribution in [2.24, 2.45) is 0 Å². The lowest BCUT2D eigenvalue weighted by Gasteiger charge is -2.51. The maximum absolute atomic E-state index is 12.7. The van der Waals surface area contributed by atoms with E-state index < -0.39 is 35.7 Å². The van der Waals surface area contributed by atoms with Gasteiger partial charge in [0.05, 0.1) is 26.4 Å². The molecule has 0 aromatic heterocycles. The van der Waals surface area contributed by atoms with Crippen molar-refractivity contribution in [3.8, 4) is 0 Å². The Kier molecular flexibility index (Phi) is 7.18. The van der Waals surface area contributed by atoms with E-state index in [4.69, 9.17) is 23.7 Å². The number of carboxylic acid groups (broad SMARTS) is 1. The van der Waals surface area contributed by atoms with Gasteiger partial charge in [-0.3, -0.25) is 0 Å². The van der Waals surface area contributed by atoms with Crippen LogP contribution >= 0.6 is 0 Å². The smallest absolute Gasteiger partial charge is 0.341 e. The summed E-state index contributed by atoms with van der Waals surface area (Å²) in [5.74, 6) is -1.16. The van der Waals surface area contributed by atoms with Crippen molar-refractivity contribution in [3.63, 3.8) is 0 Å². The molecular formula is C29H30O7. The molecule has 2 aliphatic heterocycles. The highest BCUT2D eigenvalue weighted by Gasteiger charge is 2.72. The van der Waals surface area contributed by atoms with Crippen LogP contribution in [0.4, 0.5) is 0 Å². The molecule has 5 atom stereocenters. The van der Waals surface area contributed by atoms with Crippen LogP contribution in [0.2, 0.25) is 0 Å². The van der Waals surface area contributed by atoms with Crippen LogP contribution in [0, 0.1) is 0 Å². The van der Waals surface area contributed by atoms with Gasteiger partial charge in [-0.05, 0) is 23.6 Å². The summed E-state index contributed by atoms with van der Waals surface area (Å²) in [6.45, 7) is 2.27. The van der Waals surface area contributed by atoms with Crippen molar-refractivity contribution in [2.45, 2.75) is 56.4 Å². The highest BCUT2D eigenvalue weighted by Crippen LogP contribution is 2.48. The third kappa shape index (κ3) is 4.68. The summed E-state index contributed by atoms with van der Waals surface area (Å²) >= 11 is 0. The van der Waals surface area contributed by atoms with E-state index >= 15 is 0 Å². The van der Waals surface area contributed by atoms with Gasteiger partial charge in [0.25, 0.3) is 0 Å². The minimum atomic E-state index is -1.75. The zero-order valence-corrected chi connectivity index (χ0v) is 20.1. The molecule has 5 unspecified atom stereocenters. The predicted octanol–water partition coefficient (Wildman–Crippen LogP) is 4.34. The number of rotatable bonds is 10. The van der Waals surface area contributed by atoms with Gasteiger partial charge in [0, 0.05) is 0 Å². The van der Waals surface area contributed by atoms with Crippen LogP contribution in [-0.2, 0) is 48.3 Å². The first kappa shape index (κ1) is 24.6. The second-order valence-electron chi connectivity index (χ2n) is 9.29. The van der Waals surface area contributed by atoms with E-state index in [1.807, 2.05) is 91.0 Å². The molecule has 3 aromatic carbocycles. The van der Waals surface area contributed by atoms with Gasteiger partial charge in [-0.25, -0.2) is 4.79 Å². The minimum absolute atomic E-state index is 0.172. The maximum Gasteiger partial charge on any atom is 0.341 e. The maximum atomic E-state index is 12.7. The Morgan fingerprint density at radius 1 is 0.833 bits per heavy atom. The Morgan fingerprint density at radius 3 is 1.86 bits per heavy atom. The average Bonchev–Trinajstić information content (AvgIpc) is 3.35. The van der Waals surface area contributed by atoms with Gasteiger partial charge in [0.15, 0.2) is 6.29 Å². The standard InChI is InChI=1S/C29H30O7/c1-28(35-19-23-15-9-4-10-16-23)25(33-18-22-13-7-3-8-14-22)24(32-17-21-11-5-2-6-12-21)26-34-20-29(28,36-26)27(30)31/h2-16,24-26H,17-20H2,1H3,(H,30,31). The predicted molar refractivity (Wildman–Crippen MR) is 131 cm³/mol. The summed E-state index contributed by atoms with van der Waals surface area (Å²) in [4.78, 5) is 12.7. The molecule has 188 valence electrons. The van der Waals surface area contributed by atoms with Crippen LogP contribution in [0.1, 0.15) is 23.6 Å². The molecule has 2 bridgehead atoms. The Balaban J connectivity index is 1.48. The van der Waals surface area contributed by atoms with Gasteiger partial charge >= 0.3 is 5.97 Å². The van der Waals surface area contributed by atoms with Crippen molar-refractivity contribution in [1.82, 2.24) is 0 Å². The molecule has 7 heteroatoms. The van der Waals surface area contributed by atoms with E-state index in [2.05, 4.69) is 0 Å². The number of hydrogen-bond acceptors (Lipinski definition) is 6. The van der Waals surface area contributed by atoms with Crippen LogP contribution in [0.15, 0.2) is 91.0 Å². The van der Waals surface area contributed by atoms with Gasteiger partial charge in [-0.1, -0.05) is 91.0 Å². The molecule has 0 spiro atoms. The summed E-state index contributed by atoms with van der Waals surface area (Å²) in [5, 5.41) is 10.4. The number of ether oxygens (including phenoxy) is 5. The molecule has 2 heterocycles. The monoisotopic (exact) mass is 490 g/mol. The lowest BCUT2D eigenvalue weighted by Crippen LogP contribution is -2.73. The largest absolute Gasteiger partial charge is 0.479 e. The number of carbonyl (C=O) groups is 1. The Morgan fingerprint density at radius 2 is 1.33 bits per heavy atom. The fourth-order valence-corrected chi connectivity index (χ4v) is 4.85. The highest BCUT2D eigenvalue weighted by molar-refractivity contribution is 5.80. The van der Waals surface area contributed by atoms with Gasteiger partial charge in [-0.2, -0.15) is 0 Å². The zero-order chi connectivity index (χ0) is 25.0. The van der Waals surface area contributed by atoms with Crippen molar-refractivity contribution >= 4 is 5.97 Å². The first-order valence-electron chi connectivity index (χ1n) is 12.0. The summed E-state index contributed by atoms with van der Waals surface area (Å²) in [5.41, 5.74) is -0.338. The number of fused-ring (bicyclic) bond motifs is 2. The van der Waals surface area contributed by atoms with Crippen LogP contribution in [0.3, 0.4) is 0 Å². The molecule has 2 aliphatic rings. The lowest BCUT2D eigenvalue weighted by molar-refractivity contribution is -0.325. The third-order valence-corrected chi connectivity index (χ3v) is 6.96. The summed E-state index contributed by atoms with van der Waals surface area (Å²) in [6, 6.07) is 29.1. The number of aliphatic carboxylic acids is 1. The summed E-state index contributed by atoms with van der Waals surface area (Å²) in [6.07, 6.45) is -2.41. The quantitative estimate of drug-likeness (QED) is 0.453. The number of benzene rings is 3. The fourth-order valence-electron chi connectivity index (χ4n) is 4.85. The van der Waals surface area contributed by atoms with Crippen LogP contribution in [-0.4, -0.2) is 47.4 Å². The van der Waals surface area contributed by atoms with E-state index in [1.54, 1.807) is 6.92 Å². The number of hydrogen-bond donors (Lipinski definition) is 1. The van der Waals surface area contributed by atoms with E-state index in [0.29, 0.717) is 0 Å². The summed E-state index contributed by atoms with van der Waals surface area (Å²) in [7, 11) is 0. The van der Waals surface area contributed by atoms with Gasteiger partial charge in [0.2, 0.25) is 5.60 Å². The van der Waals surface area contributed by atoms with Crippen molar-refractivity contribution < 1.29 is 33.6 Å². The SMILES string of the molecule is CC1(OCc2ccccc2)C(OCc2ccccc2)C(OCc2ccccc2)C2OCC1(C(=O)O)O2. The highest BCUT2D eigenvalue weighted by atomic mass is 16.8. The Labute approximate surface area is 210 Å². The van der Waals surface area contributed by atoms with Gasteiger partial charge < -0.3 is 28.8 Å². The van der Waals surface area contributed by atoms with Crippen LogP contribution < -0.4 is 0 Å². The second kappa shape index (κ2) is 10.5. The van der Waals surface area contributed by atoms with E-state index in [9.17, 15) is 9.90 Å². The lowest BCUT2D eigenvalue weighted by atomic mass is 9.76. The molecule has 5 rings (SSSR count). The van der Waals surface area contributed by atoms with Crippen LogP contribution in [0.5, 0.6) is 0 Å². The summed E-state index contributed by atoms with van der Waals surface area (Å²) < 4.78 is 31.2. The second-order valence-corrected chi connectivity index (χ2v) is 9.29. The molecule has 0 amide bonds. The molecule has 1 N–H and O–H groups in total. The van der Waals surface area contributed by atoms with Gasteiger partial charge in [0.1, 0.15) is 17.8 Å². The molecule has 36 heavy (non-hydrogen) atoms. The van der Waals surface area contributed by atoms with Crippen LogP contribution in [0.25, 0.3) is 0 Å². The Hall–Kier alpha value is -3.07. The first-order chi connectivity index (χ1) is 17.5. The molecular weight excluding hydrogens is 460 g/mol. The molecule has 0 saturated carbocycles. The number of carboxylic acids is 1. The van der Waals surface area contributed by atoms with E-state index in [-0.39, 0.29) is 26.4 Å². The molecule has 2 saturated heterocycles. The zero-order valence-electron chi connectivity index (χ0n) is 20.1. The average molecular weight is 491 g/mol. The minimum Gasteiger partial charge on any atom is -0.479 e. The third-order valence-electron chi connectivity index (χ3n) is 6.96. The fraction of sp³-hybridized carbons (Fsp3) is 0.345. The molecule has 2 fully saturated rings. The van der Waals surface area contributed by atoms with Crippen molar-refractivity contribution in [3.05, 3.63) is 108 Å². The first-order valence-corrected chi connectivity index (χ1v) is 12.0. The van der Waals surface area contributed by atoms with E-state index in [0.717, 1.165) is 16.7 Å². The van der Waals surface area contributed by atoms with E-state index in [1.165, 1.54) is 0 Å².